The maximum atomic E-state index is 5.74. The van der Waals surface area contributed by atoms with E-state index in [1.807, 2.05) is 20.9 Å². The highest BCUT2D eigenvalue weighted by Crippen LogP contribution is 2.27. The summed E-state index contributed by atoms with van der Waals surface area (Å²) in [5, 5.41) is 7.25. The van der Waals surface area contributed by atoms with Gasteiger partial charge in [-0.1, -0.05) is 19.8 Å². The number of aryl methyl sites for hydroxylation is 2. The Balaban J connectivity index is 0.00000320. The van der Waals surface area contributed by atoms with Crippen molar-refractivity contribution in [1.29, 1.82) is 0 Å². The summed E-state index contributed by atoms with van der Waals surface area (Å²) in [7, 11) is 1.89. The van der Waals surface area contributed by atoms with Gasteiger partial charge in [-0.15, -0.1) is 24.0 Å². The fourth-order valence-corrected chi connectivity index (χ4v) is 4.78. The molecule has 0 aromatic carbocycles. The van der Waals surface area contributed by atoms with Crippen LogP contribution in [0, 0.1) is 25.7 Å². The Morgan fingerprint density at radius 1 is 1.10 bits per heavy atom. The van der Waals surface area contributed by atoms with Gasteiger partial charge in [-0.2, -0.15) is 0 Å². The molecule has 1 aromatic rings. The second kappa shape index (κ2) is 12.9. The summed E-state index contributed by atoms with van der Waals surface area (Å²) >= 11 is 0. The lowest BCUT2D eigenvalue weighted by atomic mass is 9.83. The summed E-state index contributed by atoms with van der Waals surface area (Å²) in [6.45, 7) is 10.4. The fourth-order valence-electron chi connectivity index (χ4n) is 4.78. The van der Waals surface area contributed by atoms with Crippen LogP contribution in [0.15, 0.2) is 9.41 Å². The highest BCUT2D eigenvalue weighted by molar-refractivity contribution is 14.0. The van der Waals surface area contributed by atoms with Crippen molar-refractivity contribution in [3.05, 3.63) is 17.3 Å². The molecule has 7 heteroatoms. The largest absolute Gasteiger partial charge is 0.444 e. The molecule has 2 fully saturated rings. The molecule has 0 radical (unpaired) electrons. The molecule has 30 heavy (non-hydrogen) atoms. The highest BCUT2D eigenvalue weighted by Gasteiger charge is 2.23. The Morgan fingerprint density at radius 2 is 1.80 bits per heavy atom. The normalized spacial score (nSPS) is 23.8. The monoisotopic (exact) mass is 531 g/mol. The topological polar surface area (TPSA) is 65.7 Å². The van der Waals surface area contributed by atoms with Crippen LogP contribution in [-0.4, -0.2) is 48.6 Å². The summed E-state index contributed by atoms with van der Waals surface area (Å²) in [6.07, 6.45) is 10.4. The molecule has 172 valence electrons. The standard InChI is InChI=1S/C23H41N5O.HI/c1-5-6-19-7-9-21(10-8-19)27-23(24-4)25-15-20-11-13-28(14-12-20)16-22-26-17(2)18(3)29-22;/h19-21H,5-16H2,1-4H3,(H2,24,25,27);1H. The number of nitrogens with zero attached hydrogens (tertiary/aromatic N) is 3. The van der Waals surface area contributed by atoms with Gasteiger partial charge >= 0.3 is 0 Å². The first-order chi connectivity index (χ1) is 14.1. The van der Waals surface area contributed by atoms with Crippen LogP contribution in [0.1, 0.15) is 75.6 Å². The number of likely N-dealkylation sites (tertiary alicyclic amines) is 1. The van der Waals surface area contributed by atoms with Crippen LogP contribution in [0.5, 0.6) is 0 Å². The molecule has 0 atom stereocenters. The molecule has 0 bridgehead atoms. The van der Waals surface area contributed by atoms with Gasteiger partial charge in [0.25, 0.3) is 0 Å². The van der Waals surface area contributed by atoms with Gasteiger partial charge in [0.1, 0.15) is 5.76 Å². The zero-order valence-corrected chi connectivity index (χ0v) is 21.7. The number of aromatic nitrogens is 1. The van der Waals surface area contributed by atoms with Gasteiger partial charge in [0.2, 0.25) is 5.89 Å². The molecule has 1 aliphatic heterocycles. The quantitative estimate of drug-likeness (QED) is 0.305. The minimum Gasteiger partial charge on any atom is -0.444 e. The third-order valence-electron chi connectivity index (χ3n) is 6.81. The van der Waals surface area contributed by atoms with Crippen LogP contribution in [0.25, 0.3) is 0 Å². The summed E-state index contributed by atoms with van der Waals surface area (Å²) in [5.74, 6) is 4.43. The zero-order chi connectivity index (χ0) is 20.6. The SMILES string of the molecule is CCCC1CCC(NC(=NC)NCC2CCN(Cc3nc(C)c(C)o3)CC2)CC1.I. The maximum absolute atomic E-state index is 5.74. The summed E-state index contributed by atoms with van der Waals surface area (Å²) in [6, 6.07) is 0.587. The maximum Gasteiger partial charge on any atom is 0.208 e. The second-order valence-electron chi connectivity index (χ2n) is 9.07. The number of piperidine rings is 1. The fraction of sp³-hybridized carbons (Fsp3) is 0.826. The van der Waals surface area contributed by atoms with E-state index in [2.05, 4.69) is 32.4 Å². The Hall–Kier alpha value is -0.830. The number of aliphatic imine (C=N–C) groups is 1. The minimum atomic E-state index is 0. The van der Waals surface area contributed by atoms with Crippen molar-refractivity contribution in [2.24, 2.45) is 16.8 Å². The van der Waals surface area contributed by atoms with Gasteiger partial charge in [0, 0.05) is 19.6 Å². The number of halogens is 1. The van der Waals surface area contributed by atoms with Crippen LogP contribution in [0.3, 0.4) is 0 Å². The average Bonchev–Trinajstić information content (AvgIpc) is 3.04. The van der Waals surface area contributed by atoms with Crippen LogP contribution in [-0.2, 0) is 6.54 Å². The zero-order valence-electron chi connectivity index (χ0n) is 19.4. The molecule has 3 rings (SSSR count). The molecule has 1 aromatic heterocycles. The van der Waals surface area contributed by atoms with Gasteiger partial charge < -0.3 is 15.1 Å². The number of guanidine groups is 1. The van der Waals surface area contributed by atoms with Crippen LogP contribution >= 0.6 is 24.0 Å². The molecule has 1 aliphatic carbocycles. The molecular weight excluding hydrogens is 489 g/mol. The van der Waals surface area contributed by atoms with E-state index < -0.39 is 0 Å². The molecule has 2 aliphatic rings. The van der Waals surface area contributed by atoms with Crippen molar-refractivity contribution in [2.45, 2.75) is 84.7 Å². The lowest BCUT2D eigenvalue weighted by molar-refractivity contribution is 0.164. The molecule has 1 saturated carbocycles. The third kappa shape index (κ3) is 7.70. The van der Waals surface area contributed by atoms with Crippen LogP contribution in [0.2, 0.25) is 0 Å². The van der Waals surface area contributed by atoms with Gasteiger partial charge in [0.15, 0.2) is 5.96 Å². The number of oxazole rings is 1. The van der Waals surface area contributed by atoms with Crippen molar-refractivity contribution in [3.63, 3.8) is 0 Å². The molecule has 1 saturated heterocycles. The number of hydrogen-bond acceptors (Lipinski definition) is 4. The summed E-state index contributed by atoms with van der Waals surface area (Å²) < 4.78 is 5.74. The molecule has 0 unspecified atom stereocenters. The highest BCUT2D eigenvalue weighted by atomic mass is 127. The predicted octanol–water partition coefficient (Wildman–Crippen LogP) is 4.65. The van der Waals surface area contributed by atoms with Crippen molar-refractivity contribution in [2.75, 3.05) is 26.7 Å². The van der Waals surface area contributed by atoms with Crippen molar-refractivity contribution in [3.8, 4) is 0 Å². The van der Waals surface area contributed by atoms with E-state index in [4.69, 9.17) is 4.42 Å². The minimum absolute atomic E-state index is 0. The van der Waals surface area contributed by atoms with Crippen molar-refractivity contribution < 1.29 is 4.42 Å². The Morgan fingerprint density at radius 3 is 2.37 bits per heavy atom. The van der Waals surface area contributed by atoms with Gasteiger partial charge in [-0.3, -0.25) is 9.89 Å². The Labute approximate surface area is 200 Å². The lowest BCUT2D eigenvalue weighted by Gasteiger charge is -2.32. The molecule has 0 spiro atoms. The lowest BCUT2D eigenvalue weighted by Crippen LogP contribution is -2.47. The molecule has 2 heterocycles. The first-order valence-corrected chi connectivity index (χ1v) is 11.7. The summed E-state index contributed by atoms with van der Waals surface area (Å²) in [4.78, 5) is 11.4. The van der Waals surface area contributed by atoms with Crippen LogP contribution in [0.4, 0.5) is 0 Å². The van der Waals surface area contributed by atoms with E-state index in [1.54, 1.807) is 0 Å². The Bertz CT molecular complexity index is 627. The van der Waals surface area contributed by atoms with Crippen molar-refractivity contribution >= 4 is 29.9 Å². The first kappa shape index (κ1) is 25.4. The van der Waals surface area contributed by atoms with E-state index in [1.165, 1.54) is 51.4 Å². The van der Waals surface area contributed by atoms with E-state index in [0.717, 1.165) is 55.4 Å². The molecule has 0 amide bonds. The first-order valence-electron chi connectivity index (χ1n) is 11.7. The van der Waals surface area contributed by atoms with Crippen molar-refractivity contribution in [1.82, 2.24) is 20.5 Å². The Kier molecular flexibility index (Phi) is 10.9. The smallest absolute Gasteiger partial charge is 0.208 e. The number of nitrogens with one attached hydrogen (secondary N) is 2. The van der Waals surface area contributed by atoms with E-state index in [-0.39, 0.29) is 24.0 Å². The second-order valence-corrected chi connectivity index (χ2v) is 9.07. The number of rotatable bonds is 7. The van der Waals surface area contributed by atoms with E-state index in [0.29, 0.717) is 12.0 Å². The molecule has 6 nitrogen and oxygen atoms in total. The van der Waals surface area contributed by atoms with Gasteiger partial charge in [0.05, 0.1) is 12.2 Å². The number of hydrogen-bond donors (Lipinski definition) is 2. The van der Waals surface area contributed by atoms with Gasteiger partial charge in [-0.05, 0) is 77.3 Å². The predicted molar refractivity (Wildman–Crippen MR) is 135 cm³/mol. The van der Waals surface area contributed by atoms with Crippen LogP contribution < -0.4 is 10.6 Å². The van der Waals surface area contributed by atoms with E-state index in [9.17, 15) is 0 Å². The van der Waals surface area contributed by atoms with E-state index >= 15 is 0 Å². The summed E-state index contributed by atoms with van der Waals surface area (Å²) in [5.41, 5.74) is 1.01. The molecule has 2 N–H and O–H groups in total. The van der Waals surface area contributed by atoms with Gasteiger partial charge in [-0.25, -0.2) is 4.98 Å². The third-order valence-corrected chi connectivity index (χ3v) is 6.81. The molecular formula is C23H42IN5O. The average molecular weight is 532 g/mol.